The molecule has 0 fully saturated rings. The summed E-state index contributed by atoms with van der Waals surface area (Å²) in [6.45, 7) is 3.34. The number of hydrogen-bond acceptors (Lipinski definition) is 6. The second-order valence-electron chi connectivity index (χ2n) is 6.37. The molecule has 9 heteroatoms. The number of nitrogens with one attached hydrogen (secondary N) is 2. The molecule has 2 aromatic rings. The third kappa shape index (κ3) is 7.07. The molecule has 2 N–H and O–H groups in total. The predicted octanol–water partition coefficient (Wildman–Crippen LogP) is 3.67. The highest BCUT2D eigenvalue weighted by Crippen LogP contribution is 2.29. The zero-order valence-corrected chi connectivity index (χ0v) is 18.8. The number of aryl methyl sites for hydroxylation is 1. The molecule has 0 spiro atoms. The Morgan fingerprint density at radius 3 is 2.43 bits per heavy atom. The molecule has 2 aromatic carbocycles. The lowest BCUT2D eigenvalue weighted by molar-refractivity contribution is -0.123. The van der Waals surface area contributed by atoms with Crippen LogP contribution in [0.4, 0.5) is 5.69 Å². The number of anilines is 1. The van der Waals surface area contributed by atoms with E-state index in [1.165, 1.54) is 14.2 Å². The molecular formula is C21H24BrN3O5. The van der Waals surface area contributed by atoms with Crippen LogP contribution in [0.15, 0.2) is 46.0 Å². The SMILES string of the molecule is COc1ccc(OC)c(NC(=O)C/C(C)=N\NC(=O)COc2ccc(Br)cc2C)c1. The van der Waals surface area contributed by atoms with E-state index in [1.54, 1.807) is 31.2 Å². The van der Waals surface area contributed by atoms with Crippen molar-refractivity contribution in [3.8, 4) is 17.2 Å². The van der Waals surface area contributed by atoms with Gasteiger partial charge < -0.3 is 19.5 Å². The van der Waals surface area contributed by atoms with E-state index in [-0.39, 0.29) is 18.9 Å². The largest absolute Gasteiger partial charge is 0.497 e. The Morgan fingerprint density at radius 1 is 1.03 bits per heavy atom. The third-order valence-electron chi connectivity index (χ3n) is 3.96. The molecule has 0 saturated heterocycles. The molecular weight excluding hydrogens is 454 g/mol. The molecule has 0 aliphatic carbocycles. The predicted molar refractivity (Wildman–Crippen MR) is 118 cm³/mol. The minimum absolute atomic E-state index is 0.00663. The van der Waals surface area contributed by atoms with Gasteiger partial charge in [-0.2, -0.15) is 5.10 Å². The highest BCUT2D eigenvalue weighted by atomic mass is 79.9. The van der Waals surface area contributed by atoms with Crippen LogP contribution < -0.4 is 25.0 Å². The van der Waals surface area contributed by atoms with Crippen molar-refractivity contribution in [2.45, 2.75) is 20.3 Å². The van der Waals surface area contributed by atoms with E-state index >= 15 is 0 Å². The van der Waals surface area contributed by atoms with Crippen molar-refractivity contribution in [2.24, 2.45) is 5.10 Å². The molecule has 2 amide bonds. The van der Waals surface area contributed by atoms with Crippen molar-refractivity contribution in [3.63, 3.8) is 0 Å². The van der Waals surface area contributed by atoms with Gasteiger partial charge in [0.2, 0.25) is 5.91 Å². The van der Waals surface area contributed by atoms with Gasteiger partial charge in [-0.05, 0) is 49.7 Å². The summed E-state index contributed by atoms with van der Waals surface area (Å²) in [6.07, 6.45) is -0.00663. The third-order valence-corrected chi connectivity index (χ3v) is 4.46. The number of amides is 2. The van der Waals surface area contributed by atoms with Gasteiger partial charge in [0.1, 0.15) is 17.2 Å². The first-order chi connectivity index (χ1) is 14.3. The fourth-order valence-electron chi connectivity index (χ4n) is 2.49. The molecule has 0 radical (unpaired) electrons. The molecule has 2 rings (SSSR count). The lowest BCUT2D eigenvalue weighted by atomic mass is 10.2. The van der Waals surface area contributed by atoms with Gasteiger partial charge in [0, 0.05) is 16.3 Å². The molecule has 0 aliphatic heterocycles. The second kappa shape index (κ2) is 11.2. The first-order valence-corrected chi connectivity index (χ1v) is 9.84. The Balaban J connectivity index is 1.85. The van der Waals surface area contributed by atoms with Gasteiger partial charge in [0.25, 0.3) is 5.91 Å². The summed E-state index contributed by atoms with van der Waals surface area (Å²) in [5.41, 5.74) is 4.20. The Hall–Kier alpha value is -3.07. The molecule has 0 aliphatic rings. The Kier molecular flexibility index (Phi) is 8.67. The molecule has 8 nitrogen and oxygen atoms in total. The maximum atomic E-state index is 12.3. The van der Waals surface area contributed by atoms with Crippen LogP contribution >= 0.6 is 15.9 Å². The lowest BCUT2D eigenvalue weighted by Gasteiger charge is -2.12. The quantitative estimate of drug-likeness (QED) is 0.424. The number of hydrazone groups is 1. The van der Waals surface area contributed by atoms with Gasteiger partial charge in [-0.3, -0.25) is 9.59 Å². The van der Waals surface area contributed by atoms with E-state index in [1.807, 2.05) is 19.1 Å². The number of nitrogens with zero attached hydrogens (tertiary/aromatic N) is 1. The Morgan fingerprint density at radius 2 is 1.77 bits per heavy atom. The minimum Gasteiger partial charge on any atom is -0.497 e. The summed E-state index contributed by atoms with van der Waals surface area (Å²) in [4.78, 5) is 24.2. The molecule has 30 heavy (non-hydrogen) atoms. The summed E-state index contributed by atoms with van der Waals surface area (Å²) in [5.74, 6) is 0.975. The van der Waals surface area contributed by atoms with Crippen LogP contribution in [0.25, 0.3) is 0 Å². The van der Waals surface area contributed by atoms with Crippen molar-refractivity contribution < 1.29 is 23.8 Å². The second-order valence-corrected chi connectivity index (χ2v) is 7.29. The molecule has 0 atom stereocenters. The van der Waals surface area contributed by atoms with Crippen LogP contribution in [0.2, 0.25) is 0 Å². The molecule has 0 saturated carbocycles. The highest BCUT2D eigenvalue weighted by Gasteiger charge is 2.11. The van der Waals surface area contributed by atoms with Crippen molar-refractivity contribution in [2.75, 3.05) is 26.1 Å². The first kappa shape index (κ1) is 23.2. The van der Waals surface area contributed by atoms with Crippen LogP contribution in [0.3, 0.4) is 0 Å². The summed E-state index contributed by atoms with van der Waals surface area (Å²) in [6, 6.07) is 10.6. The summed E-state index contributed by atoms with van der Waals surface area (Å²) in [5, 5.41) is 6.69. The average molecular weight is 478 g/mol. The van der Waals surface area contributed by atoms with E-state index in [9.17, 15) is 9.59 Å². The standard InChI is InChI=1S/C21H24BrN3O5/c1-13-9-15(22)5-7-18(13)30-12-21(27)25-24-14(2)10-20(26)23-17-11-16(28-3)6-8-19(17)29-4/h5-9,11H,10,12H2,1-4H3,(H,23,26)(H,25,27)/b24-14-. The monoisotopic (exact) mass is 477 g/mol. The zero-order chi connectivity index (χ0) is 22.1. The van der Waals surface area contributed by atoms with Crippen LogP contribution in [0, 0.1) is 6.92 Å². The smallest absolute Gasteiger partial charge is 0.277 e. The van der Waals surface area contributed by atoms with Gasteiger partial charge in [0.15, 0.2) is 6.61 Å². The maximum absolute atomic E-state index is 12.3. The van der Waals surface area contributed by atoms with Crippen molar-refractivity contribution >= 4 is 39.1 Å². The number of ether oxygens (including phenoxy) is 3. The van der Waals surface area contributed by atoms with Crippen molar-refractivity contribution in [1.29, 1.82) is 0 Å². The number of hydrogen-bond donors (Lipinski definition) is 2. The summed E-state index contributed by atoms with van der Waals surface area (Å²) in [7, 11) is 3.05. The van der Waals surface area contributed by atoms with E-state index in [0.29, 0.717) is 28.6 Å². The highest BCUT2D eigenvalue weighted by molar-refractivity contribution is 9.10. The number of benzene rings is 2. The van der Waals surface area contributed by atoms with Gasteiger partial charge in [-0.25, -0.2) is 5.43 Å². The van der Waals surface area contributed by atoms with E-state index < -0.39 is 5.91 Å². The van der Waals surface area contributed by atoms with E-state index in [0.717, 1.165) is 10.0 Å². The zero-order valence-electron chi connectivity index (χ0n) is 17.2. The van der Waals surface area contributed by atoms with Crippen LogP contribution in [0.1, 0.15) is 18.9 Å². The topological polar surface area (TPSA) is 98.3 Å². The van der Waals surface area contributed by atoms with E-state index in [4.69, 9.17) is 14.2 Å². The fourth-order valence-corrected chi connectivity index (χ4v) is 2.96. The number of carbonyl (C=O) groups excluding carboxylic acids is 2. The fraction of sp³-hybridized carbons (Fsp3) is 0.286. The molecule has 160 valence electrons. The number of halogens is 1. The van der Waals surface area contributed by atoms with Gasteiger partial charge in [-0.15, -0.1) is 0 Å². The average Bonchev–Trinajstić information content (AvgIpc) is 2.71. The number of carbonyl (C=O) groups is 2. The van der Waals surface area contributed by atoms with E-state index in [2.05, 4.69) is 31.8 Å². The van der Waals surface area contributed by atoms with Crippen LogP contribution in [-0.4, -0.2) is 38.4 Å². The van der Waals surface area contributed by atoms with Crippen LogP contribution in [-0.2, 0) is 9.59 Å². The molecule has 0 bridgehead atoms. The molecule has 0 aromatic heterocycles. The summed E-state index contributed by atoms with van der Waals surface area (Å²) >= 11 is 3.37. The van der Waals surface area contributed by atoms with Gasteiger partial charge in [0.05, 0.1) is 26.3 Å². The normalized spacial score (nSPS) is 10.9. The molecule has 0 unspecified atom stereocenters. The maximum Gasteiger partial charge on any atom is 0.277 e. The van der Waals surface area contributed by atoms with Gasteiger partial charge in [-0.1, -0.05) is 15.9 Å². The van der Waals surface area contributed by atoms with Gasteiger partial charge >= 0.3 is 0 Å². The van der Waals surface area contributed by atoms with Crippen molar-refractivity contribution in [1.82, 2.24) is 5.43 Å². The first-order valence-electron chi connectivity index (χ1n) is 9.05. The minimum atomic E-state index is -0.424. The van der Waals surface area contributed by atoms with Crippen molar-refractivity contribution in [3.05, 3.63) is 46.4 Å². The number of rotatable bonds is 9. The van der Waals surface area contributed by atoms with Crippen LogP contribution in [0.5, 0.6) is 17.2 Å². The Bertz CT molecular complexity index is 946. The summed E-state index contributed by atoms with van der Waals surface area (Å²) < 4.78 is 16.8. The number of methoxy groups -OCH3 is 2. The Labute approximate surface area is 183 Å². The molecule has 0 heterocycles. The lowest BCUT2D eigenvalue weighted by Crippen LogP contribution is -2.26.